The molecule has 0 spiro atoms. The zero-order valence-corrected chi connectivity index (χ0v) is 16.9. The van der Waals surface area contributed by atoms with Crippen LogP contribution in [0.5, 0.6) is 0 Å². The number of pyridine rings is 2. The van der Waals surface area contributed by atoms with E-state index in [0.717, 1.165) is 48.4 Å². The van der Waals surface area contributed by atoms with E-state index in [2.05, 4.69) is 34.0 Å². The number of nitrogens with zero attached hydrogens (tertiary/aromatic N) is 3. The largest absolute Gasteiger partial charge is 0.382 e. The number of aromatic nitrogens is 2. The predicted molar refractivity (Wildman–Crippen MR) is 118 cm³/mol. The van der Waals surface area contributed by atoms with Crippen molar-refractivity contribution in [2.24, 2.45) is 5.92 Å². The summed E-state index contributed by atoms with van der Waals surface area (Å²) >= 11 is 0. The number of hydrogen-bond donors (Lipinski definition) is 1. The molecule has 150 valence electrons. The Morgan fingerprint density at radius 3 is 2.50 bits per heavy atom. The van der Waals surface area contributed by atoms with Crippen molar-refractivity contribution < 1.29 is 5.11 Å². The second kappa shape index (κ2) is 7.68. The summed E-state index contributed by atoms with van der Waals surface area (Å²) in [5.74, 6) is 3.05. The van der Waals surface area contributed by atoms with Gasteiger partial charge in [-0.05, 0) is 67.6 Å². The second-order valence-electron chi connectivity index (χ2n) is 8.31. The van der Waals surface area contributed by atoms with Crippen molar-refractivity contribution in [1.82, 2.24) is 14.9 Å². The zero-order valence-electron chi connectivity index (χ0n) is 16.9. The van der Waals surface area contributed by atoms with Crippen LogP contribution in [0.2, 0.25) is 0 Å². The molecule has 6 rings (SSSR count). The van der Waals surface area contributed by atoms with Crippen LogP contribution in [0.25, 0.3) is 11.4 Å². The van der Waals surface area contributed by atoms with Gasteiger partial charge in [0.1, 0.15) is 11.6 Å². The molecular formula is C26H25N3O. The van der Waals surface area contributed by atoms with Crippen LogP contribution in [0.1, 0.15) is 29.5 Å². The van der Waals surface area contributed by atoms with Crippen molar-refractivity contribution in [2.75, 3.05) is 13.1 Å². The molecule has 3 fully saturated rings. The van der Waals surface area contributed by atoms with E-state index in [9.17, 15) is 5.11 Å². The fourth-order valence-corrected chi connectivity index (χ4v) is 5.17. The molecule has 30 heavy (non-hydrogen) atoms. The Labute approximate surface area is 177 Å². The Bertz CT molecular complexity index is 1070. The highest BCUT2D eigenvalue weighted by molar-refractivity contribution is 5.57. The van der Waals surface area contributed by atoms with Crippen LogP contribution < -0.4 is 0 Å². The molecule has 1 unspecified atom stereocenters. The third kappa shape index (κ3) is 3.11. The minimum Gasteiger partial charge on any atom is -0.382 e. The molecule has 0 aliphatic carbocycles. The Kier molecular flexibility index (Phi) is 4.86. The standard InChI is InChI=1S/C26H25N3O/c1-2-25-26(30,21-11-14-29(25)15-12-21)22-18-28-24(23-10-6-7-13-27-23)17-20(22)16-19-8-4-3-5-9-19/h1,3-10,13,17-18,21,25,30H,11-12,14-16H2/t25?,26-/m1/s1. The SMILES string of the molecule is C#CC1N2CCC(CC2)[C@@]1(O)c1cnc(-c2ccccn2)cc1Cc1ccccc1. The van der Waals surface area contributed by atoms with Gasteiger partial charge in [0, 0.05) is 18.0 Å². The normalized spacial score (nSPS) is 27.5. The summed E-state index contributed by atoms with van der Waals surface area (Å²) < 4.78 is 0. The van der Waals surface area contributed by atoms with Crippen molar-refractivity contribution in [2.45, 2.75) is 30.9 Å². The van der Waals surface area contributed by atoms with Gasteiger partial charge in [0.15, 0.2) is 0 Å². The van der Waals surface area contributed by atoms with Gasteiger partial charge in [0.05, 0.1) is 11.4 Å². The van der Waals surface area contributed by atoms with E-state index in [4.69, 9.17) is 11.4 Å². The van der Waals surface area contributed by atoms with Crippen LogP contribution in [0.3, 0.4) is 0 Å². The van der Waals surface area contributed by atoms with Gasteiger partial charge in [-0.15, -0.1) is 6.42 Å². The van der Waals surface area contributed by atoms with E-state index >= 15 is 0 Å². The van der Waals surface area contributed by atoms with E-state index in [1.54, 1.807) is 6.20 Å². The number of fused-ring (bicyclic) bond motifs is 3. The van der Waals surface area contributed by atoms with Gasteiger partial charge < -0.3 is 5.11 Å². The highest BCUT2D eigenvalue weighted by Crippen LogP contribution is 2.48. The van der Waals surface area contributed by atoms with E-state index < -0.39 is 5.60 Å². The van der Waals surface area contributed by atoms with Crippen molar-refractivity contribution in [3.05, 3.63) is 83.7 Å². The molecule has 3 saturated heterocycles. The average Bonchev–Trinajstić information content (AvgIpc) is 2.81. The van der Waals surface area contributed by atoms with Crippen LogP contribution in [0.4, 0.5) is 0 Å². The van der Waals surface area contributed by atoms with Crippen LogP contribution in [-0.2, 0) is 12.0 Å². The predicted octanol–water partition coefficient (Wildman–Crippen LogP) is 3.65. The van der Waals surface area contributed by atoms with Crippen molar-refractivity contribution in [3.63, 3.8) is 0 Å². The van der Waals surface area contributed by atoms with Gasteiger partial charge in [0.2, 0.25) is 0 Å². The lowest BCUT2D eigenvalue weighted by Crippen LogP contribution is -2.63. The molecule has 1 aromatic carbocycles. The van der Waals surface area contributed by atoms with Crippen molar-refractivity contribution >= 4 is 0 Å². The molecule has 2 atom stereocenters. The van der Waals surface area contributed by atoms with Crippen LogP contribution >= 0.6 is 0 Å². The lowest BCUT2D eigenvalue weighted by Gasteiger charge is -2.54. The van der Waals surface area contributed by atoms with E-state index in [-0.39, 0.29) is 12.0 Å². The average molecular weight is 396 g/mol. The lowest BCUT2D eigenvalue weighted by molar-refractivity contribution is -0.143. The molecule has 5 heterocycles. The summed E-state index contributed by atoms with van der Waals surface area (Å²) in [4.78, 5) is 11.4. The van der Waals surface area contributed by atoms with E-state index in [1.165, 1.54) is 5.56 Å². The Hall–Kier alpha value is -3.00. The quantitative estimate of drug-likeness (QED) is 0.685. The monoisotopic (exact) mass is 395 g/mol. The van der Waals surface area contributed by atoms with E-state index in [0.29, 0.717) is 6.42 Å². The fraction of sp³-hybridized carbons (Fsp3) is 0.308. The van der Waals surface area contributed by atoms with Gasteiger partial charge >= 0.3 is 0 Å². The van der Waals surface area contributed by atoms with Crippen molar-refractivity contribution in [3.8, 4) is 23.7 Å². The molecule has 3 aliphatic heterocycles. The molecule has 2 aromatic heterocycles. The molecule has 1 N–H and O–H groups in total. The Morgan fingerprint density at radius 1 is 1.03 bits per heavy atom. The first-order valence-corrected chi connectivity index (χ1v) is 10.6. The van der Waals surface area contributed by atoms with Gasteiger partial charge in [-0.3, -0.25) is 14.9 Å². The highest BCUT2D eigenvalue weighted by Gasteiger charge is 2.54. The smallest absolute Gasteiger partial charge is 0.121 e. The maximum absolute atomic E-state index is 12.1. The van der Waals surface area contributed by atoms with Crippen LogP contribution in [-0.4, -0.2) is 39.1 Å². The molecular weight excluding hydrogens is 370 g/mol. The summed E-state index contributed by atoms with van der Waals surface area (Å²) in [5.41, 5.74) is 3.68. The first-order chi connectivity index (χ1) is 14.7. The molecule has 0 saturated carbocycles. The number of rotatable bonds is 4. The van der Waals surface area contributed by atoms with Crippen LogP contribution in [0.15, 0.2) is 67.0 Å². The third-order valence-corrected chi connectivity index (χ3v) is 6.68. The molecule has 0 amide bonds. The minimum absolute atomic E-state index is 0.153. The van der Waals surface area contributed by atoms with E-state index in [1.807, 2.05) is 42.6 Å². The number of benzene rings is 1. The zero-order chi connectivity index (χ0) is 20.6. The first-order valence-electron chi connectivity index (χ1n) is 10.6. The molecule has 3 aromatic rings. The molecule has 2 bridgehead atoms. The van der Waals surface area contributed by atoms with Gasteiger partial charge in [0.25, 0.3) is 0 Å². The lowest BCUT2D eigenvalue weighted by atomic mass is 9.66. The minimum atomic E-state index is -1.08. The topological polar surface area (TPSA) is 49.2 Å². The number of terminal acetylenes is 1. The van der Waals surface area contributed by atoms with Crippen molar-refractivity contribution in [1.29, 1.82) is 0 Å². The summed E-state index contributed by atoms with van der Waals surface area (Å²) in [6.07, 6.45) is 12.2. The maximum atomic E-state index is 12.1. The summed E-state index contributed by atoms with van der Waals surface area (Å²) in [6.45, 7) is 1.91. The Balaban J connectivity index is 1.65. The van der Waals surface area contributed by atoms with Gasteiger partial charge in [-0.2, -0.15) is 0 Å². The maximum Gasteiger partial charge on any atom is 0.121 e. The number of hydrogen-bond acceptors (Lipinski definition) is 4. The van der Waals surface area contributed by atoms with Gasteiger partial charge in [-0.25, -0.2) is 0 Å². The summed E-state index contributed by atoms with van der Waals surface area (Å²) in [6, 6.07) is 17.9. The van der Waals surface area contributed by atoms with Crippen LogP contribution in [0, 0.1) is 18.3 Å². The fourth-order valence-electron chi connectivity index (χ4n) is 5.17. The number of aliphatic hydroxyl groups is 1. The second-order valence-corrected chi connectivity index (χ2v) is 8.31. The molecule has 3 aliphatic rings. The molecule has 0 radical (unpaired) electrons. The summed E-state index contributed by atoms with van der Waals surface area (Å²) in [7, 11) is 0. The number of piperidine rings is 3. The molecule has 4 nitrogen and oxygen atoms in total. The first kappa shape index (κ1) is 19.0. The van der Waals surface area contributed by atoms with Gasteiger partial charge in [-0.1, -0.05) is 42.3 Å². The molecule has 4 heteroatoms. The Morgan fingerprint density at radius 2 is 1.80 bits per heavy atom. The summed E-state index contributed by atoms with van der Waals surface area (Å²) in [5, 5.41) is 12.1. The highest BCUT2D eigenvalue weighted by atomic mass is 16.3. The third-order valence-electron chi connectivity index (χ3n) is 6.68.